The van der Waals surface area contributed by atoms with E-state index in [-0.39, 0.29) is 0 Å². The van der Waals surface area contributed by atoms with Crippen LogP contribution in [0.4, 0.5) is 0 Å². The molecule has 22 heavy (non-hydrogen) atoms. The number of nitrogens with zero attached hydrogens (tertiary/aromatic N) is 3. The minimum absolute atomic E-state index is 0.497. The maximum absolute atomic E-state index is 12.0. The molecule has 0 spiro atoms. The fourth-order valence-electron chi connectivity index (χ4n) is 3.19. The number of aromatic nitrogens is 3. The molecule has 0 bridgehead atoms. The quantitative estimate of drug-likeness (QED) is 0.900. The summed E-state index contributed by atoms with van der Waals surface area (Å²) in [5.74, 6) is 0.691. The van der Waals surface area contributed by atoms with Crippen molar-refractivity contribution in [2.45, 2.75) is 44.4 Å². The van der Waals surface area contributed by atoms with Gasteiger partial charge in [-0.05, 0) is 32.8 Å². The average Bonchev–Trinajstić information content (AvgIpc) is 2.73. The third-order valence-electron chi connectivity index (χ3n) is 4.67. The van der Waals surface area contributed by atoms with Crippen LogP contribution in [0.1, 0.15) is 36.3 Å². The zero-order valence-corrected chi connectivity index (χ0v) is 14.1. The fourth-order valence-corrected chi connectivity index (χ4v) is 4.58. The van der Waals surface area contributed by atoms with Gasteiger partial charge >= 0.3 is 0 Å². The van der Waals surface area contributed by atoms with Crippen LogP contribution in [0.3, 0.4) is 0 Å². The molecule has 0 atom stereocenters. The molecule has 1 aliphatic carbocycles. The Morgan fingerprint density at radius 3 is 2.68 bits per heavy atom. The van der Waals surface area contributed by atoms with E-state index in [1.54, 1.807) is 6.20 Å². The van der Waals surface area contributed by atoms with Crippen molar-refractivity contribution in [3.8, 4) is 0 Å². The smallest absolute Gasteiger partial charge is 0.234 e. The summed E-state index contributed by atoms with van der Waals surface area (Å²) in [6, 6.07) is 2.02. The van der Waals surface area contributed by atoms with Crippen molar-refractivity contribution in [3.63, 3.8) is 0 Å². The van der Waals surface area contributed by atoms with Crippen molar-refractivity contribution < 1.29 is 8.42 Å². The maximum Gasteiger partial charge on any atom is 0.234 e. The van der Waals surface area contributed by atoms with E-state index in [4.69, 9.17) is 0 Å². The van der Waals surface area contributed by atoms with Gasteiger partial charge in [-0.1, -0.05) is 6.42 Å². The Balaban J connectivity index is 1.75. The molecule has 2 aromatic rings. The summed E-state index contributed by atoms with van der Waals surface area (Å²) >= 11 is 0. The highest BCUT2D eigenvalue weighted by atomic mass is 32.2. The monoisotopic (exact) mass is 322 g/mol. The number of sulfone groups is 1. The van der Waals surface area contributed by atoms with Crippen LogP contribution in [-0.4, -0.2) is 40.3 Å². The van der Waals surface area contributed by atoms with Gasteiger partial charge in [0.1, 0.15) is 0 Å². The minimum Gasteiger partial charge on any atom is -0.310 e. The molecule has 120 valence electrons. The number of rotatable bonds is 5. The summed E-state index contributed by atoms with van der Waals surface area (Å²) in [4.78, 5) is 8.74. The number of hydrogen-bond donors (Lipinski definition) is 1. The lowest BCUT2D eigenvalue weighted by molar-refractivity contribution is 0.322. The van der Waals surface area contributed by atoms with Gasteiger partial charge in [0.15, 0.2) is 9.84 Å². The van der Waals surface area contributed by atoms with Gasteiger partial charge in [-0.3, -0.25) is 4.40 Å². The first kappa shape index (κ1) is 15.4. The lowest BCUT2D eigenvalue weighted by Gasteiger charge is -2.40. The maximum atomic E-state index is 12.0. The first-order valence-corrected chi connectivity index (χ1v) is 9.42. The zero-order chi connectivity index (χ0) is 16.0. The van der Waals surface area contributed by atoms with Gasteiger partial charge in [0, 0.05) is 30.7 Å². The van der Waals surface area contributed by atoms with Gasteiger partial charge in [-0.25, -0.2) is 18.4 Å². The van der Waals surface area contributed by atoms with E-state index in [1.165, 1.54) is 6.26 Å². The molecule has 0 saturated heterocycles. The first-order valence-electron chi connectivity index (χ1n) is 7.53. The van der Waals surface area contributed by atoms with Gasteiger partial charge in [-0.2, -0.15) is 0 Å². The molecular weight excluding hydrogens is 300 g/mol. The highest BCUT2D eigenvalue weighted by Gasteiger charge is 2.45. The van der Waals surface area contributed by atoms with E-state index in [0.717, 1.165) is 36.3 Å². The van der Waals surface area contributed by atoms with Crippen LogP contribution in [0.25, 0.3) is 5.78 Å². The van der Waals surface area contributed by atoms with Crippen molar-refractivity contribution in [1.29, 1.82) is 0 Å². The van der Waals surface area contributed by atoms with Crippen LogP contribution in [0.15, 0.2) is 12.3 Å². The Hall–Kier alpha value is -1.47. The molecule has 3 rings (SSSR count). The summed E-state index contributed by atoms with van der Waals surface area (Å²) in [5, 5.41) is 3.30. The molecule has 1 N–H and O–H groups in total. The van der Waals surface area contributed by atoms with Gasteiger partial charge in [0.25, 0.3) is 0 Å². The average molecular weight is 322 g/mol. The molecule has 0 unspecified atom stereocenters. The lowest BCUT2D eigenvalue weighted by atomic mass is 9.84. The van der Waals surface area contributed by atoms with Crippen LogP contribution in [0.2, 0.25) is 0 Å². The predicted octanol–water partition coefficient (Wildman–Crippen LogP) is 1.40. The SMILES string of the molecule is Cc1cc(C)n2c(CNCC3(S(C)(=O)=O)CCC3)cnc2n1. The Morgan fingerprint density at radius 1 is 1.36 bits per heavy atom. The largest absolute Gasteiger partial charge is 0.310 e. The number of nitrogens with one attached hydrogen (secondary N) is 1. The minimum atomic E-state index is -3.02. The molecule has 2 aromatic heterocycles. The number of imidazole rings is 1. The molecule has 1 fully saturated rings. The summed E-state index contributed by atoms with van der Waals surface area (Å²) < 4.78 is 25.4. The second kappa shape index (κ2) is 5.31. The Labute approximate surface area is 130 Å². The van der Waals surface area contributed by atoms with Crippen molar-refractivity contribution in [3.05, 3.63) is 29.3 Å². The van der Waals surface area contributed by atoms with E-state index in [1.807, 2.05) is 24.3 Å². The molecular formula is C15H22N4O2S. The van der Waals surface area contributed by atoms with Crippen LogP contribution < -0.4 is 5.32 Å². The predicted molar refractivity (Wildman–Crippen MR) is 85.6 cm³/mol. The molecule has 0 aliphatic heterocycles. The van der Waals surface area contributed by atoms with Gasteiger partial charge < -0.3 is 5.32 Å². The fraction of sp³-hybridized carbons (Fsp3) is 0.600. The molecule has 2 heterocycles. The Kier molecular flexibility index (Phi) is 3.72. The van der Waals surface area contributed by atoms with Crippen molar-refractivity contribution in [2.75, 3.05) is 12.8 Å². The van der Waals surface area contributed by atoms with Crippen molar-refractivity contribution in [2.24, 2.45) is 0 Å². The Morgan fingerprint density at radius 2 is 2.09 bits per heavy atom. The van der Waals surface area contributed by atoms with Gasteiger partial charge in [-0.15, -0.1) is 0 Å². The highest BCUT2D eigenvalue weighted by molar-refractivity contribution is 7.92. The molecule has 0 amide bonds. The third-order valence-corrected chi connectivity index (χ3v) is 6.79. The number of fused-ring (bicyclic) bond motifs is 1. The third kappa shape index (κ3) is 2.52. The van der Waals surface area contributed by atoms with Crippen LogP contribution in [-0.2, 0) is 16.4 Å². The second-order valence-electron chi connectivity index (χ2n) is 6.34. The molecule has 1 saturated carbocycles. The van der Waals surface area contributed by atoms with Gasteiger partial charge in [0.05, 0.1) is 16.6 Å². The topological polar surface area (TPSA) is 76.4 Å². The van der Waals surface area contributed by atoms with E-state index < -0.39 is 14.6 Å². The normalized spacial score (nSPS) is 17.6. The summed E-state index contributed by atoms with van der Waals surface area (Å²) in [5.41, 5.74) is 3.03. The zero-order valence-electron chi connectivity index (χ0n) is 13.3. The molecule has 0 radical (unpaired) electrons. The molecule has 7 heteroatoms. The molecule has 6 nitrogen and oxygen atoms in total. The second-order valence-corrected chi connectivity index (χ2v) is 8.75. The number of aryl methyl sites for hydroxylation is 2. The van der Waals surface area contributed by atoms with Crippen LogP contribution in [0, 0.1) is 13.8 Å². The van der Waals surface area contributed by atoms with Gasteiger partial charge in [0.2, 0.25) is 5.78 Å². The summed E-state index contributed by atoms with van der Waals surface area (Å²) in [6.07, 6.45) is 5.65. The summed E-state index contributed by atoms with van der Waals surface area (Å²) in [6.45, 7) is 5.06. The summed E-state index contributed by atoms with van der Waals surface area (Å²) in [7, 11) is -3.02. The Bertz CT molecular complexity index is 806. The van der Waals surface area contributed by atoms with E-state index in [2.05, 4.69) is 15.3 Å². The highest BCUT2D eigenvalue weighted by Crippen LogP contribution is 2.38. The first-order chi connectivity index (χ1) is 10.3. The van der Waals surface area contributed by atoms with Crippen LogP contribution >= 0.6 is 0 Å². The number of hydrogen-bond acceptors (Lipinski definition) is 5. The van der Waals surface area contributed by atoms with Crippen molar-refractivity contribution >= 4 is 15.6 Å². The van der Waals surface area contributed by atoms with E-state index in [0.29, 0.717) is 18.9 Å². The lowest BCUT2D eigenvalue weighted by Crippen LogP contribution is -2.52. The standard InChI is InChI=1S/C15H22N4O2S/c1-11-7-12(2)19-13(9-17-14(19)18-11)8-16-10-15(5-4-6-15)22(3,20)21/h7,9,16H,4-6,8,10H2,1-3H3. The van der Waals surface area contributed by atoms with E-state index in [9.17, 15) is 8.42 Å². The van der Waals surface area contributed by atoms with Crippen molar-refractivity contribution in [1.82, 2.24) is 19.7 Å². The molecule has 0 aromatic carbocycles. The van der Waals surface area contributed by atoms with Crippen LogP contribution in [0.5, 0.6) is 0 Å². The van der Waals surface area contributed by atoms with E-state index >= 15 is 0 Å². The molecule has 1 aliphatic rings.